The summed E-state index contributed by atoms with van der Waals surface area (Å²) in [6, 6.07) is 13.9. The molecule has 28 heavy (non-hydrogen) atoms. The Morgan fingerprint density at radius 3 is 2.14 bits per heavy atom. The van der Waals surface area contributed by atoms with Crippen LogP contribution >= 0.6 is 0 Å². The molecule has 0 N–H and O–H groups in total. The van der Waals surface area contributed by atoms with E-state index in [4.69, 9.17) is 14.2 Å². The molecule has 2 aromatic rings. The number of carbonyl (C=O) groups excluding carboxylic acids is 1. The fraction of sp³-hybridized carbons (Fsp3) is 0.318. The molecule has 148 valence electrons. The van der Waals surface area contributed by atoms with E-state index in [1.165, 1.54) is 5.69 Å². The number of ether oxygens (including phenoxy) is 3. The number of rotatable bonds is 6. The van der Waals surface area contributed by atoms with E-state index in [0.717, 1.165) is 18.7 Å². The summed E-state index contributed by atoms with van der Waals surface area (Å²) in [6.07, 6.45) is 3.34. The maximum Gasteiger partial charge on any atom is 0.246 e. The quantitative estimate of drug-likeness (QED) is 0.719. The highest BCUT2D eigenvalue weighted by Gasteiger charge is 2.20. The molecule has 1 heterocycles. The van der Waals surface area contributed by atoms with E-state index < -0.39 is 0 Å². The Kier molecular flexibility index (Phi) is 6.42. The van der Waals surface area contributed by atoms with Gasteiger partial charge >= 0.3 is 0 Å². The molecule has 3 rings (SSSR count). The van der Waals surface area contributed by atoms with Crippen molar-refractivity contribution in [2.24, 2.45) is 0 Å². The van der Waals surface area contributed by atoms with Crippen LogP contribution in [0.1, 0.15) is 5.56 Å². The van der Waals surface area contributed by atoms with Crippen molar-refractivity contribution in [3.63, 3.8) is 0 Å². The van der Waals surface area contributed by atoms with Crippen LogP contribution in [0.3, 0.4) is 0 Å². The van der Waals surface area contributed by atoms with Crippen molar-refractivity contribution >= 4 is 17.7 Å². The first-order valence-corrected chi connectivity index (χ1v) is 9.24. The van der Waals surface area contributed by atoms with Crippen LogP contribution in [0.5, 0.6) is 17.2 Å². The number of para-hydroxylation sites is 1. The Hall–Kier alpha value is -3.15. The van der Waals surface area contributed by atoms with Crippen molar-refractivity contribution in [3.05, 3.63) is 54.1 Å². The van der Waals surface area contributed by atoms with Crippen LogP contribution in [0.25, 0.3) is 6.08 Å². The van der Waals surface area contributed by atoms with Gasteiger partial charge < -0.3 is 24.0 Å². The second-order valence-electron chi connectivity index (χ2n) is 6.40. The predicted octanol–water partition coefficient (Wildman–Crippen LogP) is 3.07. The summed E-state index contributed by atoms with van der Waals surface area (Å²) in [6.45, 7) is 3.04. The maximum atomic E-state index is 12.6. The molecular formula is C22H26N2O4. The number of anilines is 1. The van der Waals surface area contributed by atoms with Crippen LogP contribution in [-0.4, -0.2) is 58.3 Å². The molecule has 6 nitrogen and oxygen atoms in total. The molecule has 1 saturated heterocycles. The molecule has 0 aliphatic carbocycles. The van der Waals surface area contributed by atoms with Gasteiger partial charge in [0.1, 0.15) is 0 Å². The Morgan fingerprint density at radius 2 is 1.54 bits per heavy atom. The lowest BCUT2D eigenvalue weighted by Crippen LogP contribution is -2.48. The third kappa shape index (κ3) is 4.22. The molecule has 0 spiro atoms. The summed E-state index contributed by atoms with van der Waals surface area (Å²) >= 11 is 0. The molecule has 0 radical (unpaired) electrons. The summed E-state index contributed by atoms with van der Waals surface area (Å²) in [7, 11) is 4.70. The van der Waals surface area contributed by atoms with Crippen LogP contribution in [0, 0.1) is 0 Å². The molecule has 1 fully saturated rings. The van der Waals surface area contributed by atoms with Crippen LogP contribution in [0.4, 0.5) is 5.69 Å². The normalized spacial score (nSPS) is 14.2. The summed E-state index contributed by atoms with van der Waals surface area (Å²) < 4.78 is 16.1. The van der Waals surface area contributed by atoms with E-state index in [1.54, 1.807) is 39.5 Å². The molecule has 0 atom stereocenters. The molecule has 1 aliphatic heterocycles. The summed E-state index contributed by atoms with van der Waals surface area (Å²) in [5.41, 5.74) is 1.96. The fourth-order valence-electron chi connectivity index (χ4n) is 3.35. The summed E-state index contributed by atoms with van der Waals surface area (Å²) in [5, 5.41) is 0. The summed E-state index contributed by atoms with van der Waals surface area (Å²) in [5.74, 6) is 1.63. The van der Waals surface area contributed by atoms with Gasteiger partial charge in [0.2, 0.25) is 11.7 Å². The molecular weight excluding hydrogens is 356 g/mol. The van der Waals surface area contributed by atoms with E-state index in [9.17, 15) is 4.79 Å². The van der Waals surface area contributed by atoms with E-state index in [2.05, 4.69) is 17.0 Å². The van der Waals surface area contributed by atoms with Gasteiger partial charge in [-0.3, -0.25) is 4.79 Å². The molecule has 0 aromatic heterocycles. The van der Waals surface area contributed by atoms with Gasteiger partial charge in [0.25, 0.3) is 0 Å². The number of amides is 1. The third-order valence-electron chi connectivity index (χ3n) is 4.85. The number of nitrogens with zero attached hydrogens (tertiary/aromatic N) is 2. The lowest BCUT2D eigenvalue weighted by molar-refractivity contribution is -0.126. The van der Waals surface area contributed by atoms with Crippen molar-refractivity contribution in [1.82, 2.24) is 4.90 Å². The zero-order chi connectivity index (χ0) is 19.9. The van der Waals surface area contributed by atoms with Gasteiger partial charge in [-0.15, -0.1) is 0 Å². The SMILES string of the molecule is COc1ccc(/C=C/C(=O)N2CCN(c3ccccc3)CC2)c(OC)c1OC. The van der Waals surface area contributed by atoms with Crippen molar-refractivity contribution in [2.45, 2.75) is 0 Å². The molecule has 0 saturated carbocycles. The van der Waals surface area contributed by atoms with Crippen molar-refractivity contribution < 1.29 is 19.0 Å². The maximum absolute atomic E-state index is 12.6. The molecule has 6 heteroatoms. The lowest BCUT2D eigenvalue weighted by Gasteiger charge is -2.35. The van der Waals surface area contributed by atoms with Gasteiger partial charge in [0, 0.05) is 43.5 Å². The highest BCUT2D eigenvalue weighted by molar-refractivity contribution is 5.92. The standard InChI is InChI=1S/C22H26N2O4/c1-26-19-11-9-17(21(27-2)22(19)28-3)10-12-20(25)24-15-13-23(14-16-24)18-7-5-4-6-8-18/h4-12H,13-16H2,1-3H3/b12-10+. The second kappa shape index (κ2) is 9.17. The van der Waals surface area contributed by atoms with Gasteiger partial charge in [-0.1, -0.05) is 18.2 Å². The monoisotopic (exact) mass is 382 g/mol. The average molecular weight is 382 g/mol. The number of benzene rings is 2. The predicted molar refractivity (Wildman–Crippen MR) is 110 cm³/mol. The largest absolute Gasteiger partial charge is 0.493 e. The highest BCUT2D eigenvalue weighted by atomic mass is 16.5. The zero-order valence-electron chi connectivity index (χ0n) is 16.6. The van der Waals surface area contributed by atoms with Crippen molar-refractivity contribution in [3.8, 4) is 17.2 Å². The molecule has 1 amide bonds. The Bertz CT molecular complexity index is 828. The van der Waals surface area contributed by atoms with E-state index in [0.29, 0.717) is 30.3 Å². The topological polar surface area (TPSA) is 51.2 Å². The van der Waals surface area contributed by atoms with Crippen LogP contribution in [0.2, 0.25) is 0 Å². The van der Waals surface area contributed by atoms with E-state index >= 15 is 0 Å². The average Bonchev–Trinajstić information content (AvgIpc) is 2.77. The van der Waals surface area contributed by atoms with Crippen molar-refractivity contribution in [2.75, 3.05) is 52.4 Å². The van der Waals surface area contributed by atoms with Gasteiger partial charge in [-0.05, 0) is 30.3 Å². The van der Waals surface area contributed by atoms with Crippen molar-refractivity contribution in [1.29, 1.82) is 0 Å². The molecule has 0 bridgehead atoms. The van der Waals surface area contributed by atoms with Gasteiger partial charge in [0.05, 0.1) is 21.3 Å². The number of methoxy groups -OCH3 is 3. The molecule has 0 unspecified atom stereocenters. The Balaban J connectivity index is 1.66. The highest BCUT2D eigenvalue weighted by Crippen LogP contribution is 2.40. The smallest absolute Gasteiger partial charge is 0.246 e. The summed E-state index contributed by atoms with van der Waals surface area (Å²) in [4.78, 5) is 16.8. The first kappa shape index (κ1) is 19.6. The number of hydrogen-bond donors (Lipinski definition) is 0. The number of hydrogen-bond acceptors (Lipinski definition) is 5. The minimum atomic E-state index is -0.00968. The first-order chi connectivity index (χ1) is 13.7. The number of piperazine rings is 1. The van der Waals surface area contributed by atoms with Gasteiger partial charge in [-0.2, -0.15) is 0 Å². The van der Waals surface area contributed by atoms with Gasteiger partial charge in [0.15, 0.2) is 11.5 Å². The lowest BCUT2D eigenvalue weighted by atomic mass is 10.1. The third-order valence-corrected chi connectivity index (χ3v) is 4.85. The van der Waals surface area contributed by atoms with Crippen LogP contribution in [-0.2, 0) is 4.79 Å². The number of carbonyl (C=O) groups is 1. The van der Waals surface area contributed by atoms with Gasteiger partial charge in [-0.25, -0.2) is 0 Å². The molecule has 1 aliphatic rings. The second-order valence-corrected chi connectivity index (χ2v) is 6.40. The Labute approximate surface area is 165 Å². The minimum Gasteiger partial charge on any atom is -0.493 e. The Morgan fingerprint density at radius 1 is 0.857 bits per heavy atom. The first-order valence-electron chi connectivity index (χ1n) is 9.24. The van der Waals surface area contributed by atoms with Crippen LogP contribution in [0.15, 0.2) is 48.5 Å². The van der Waals surface area contributed by atoms with Crippen LogP contribution < -0.4 is 19.1 Å². The fourth-order valence-corrected chi connectivity index (χ4v) is 3.35. The molecule has 2 aromatic carbocycles. The van der Waals surface area contributed by atoms with E-state index in [1.807, 2.05) is 29.2 Å². The zero-order valence-corrected chi connectivity index (χ0v) is 16.6. The van der Waals surface area contributed by atoms with E-state index in [-0.39, 0.29) is 5.91 Å². The minimum absolute atomic E-state index is 0.00968.